The predicted octanol–water partition coefficient (Wildman–Crippen LogP) is 5.59. The van der Waals surface area contributed by atoms with Crippen LogP contribution < -0.4 is 0 Å². The minimum atomic E-state index is 0.0940. The monoisotopic (exact) mass is 423 g/mol. The van der Waals surface area contributed by atoms with Crippen LogP contribution in [-0.2, 0) is 6.54 Å². The summed E-state index contributed by atoms with van der Waals surface area (Å²) in [5.74, 6) is 0. The van der Waals surface area contributed by atoms with E-state index in [-0.39, 0.29) is 5.57 Å². The van der Waals surface area contributed by atoms with Gasteiger partial charge in [0.2, 0.25) is 0 Å². The van der Waals surface area contributed by atoms with Crippen molar-refractivity contribution in [3.63, 3.8) is 0 Å². The predicted molar refractivity (Wildman–Crippen MR) is 112 cm³/mol. The van der Waals surface area contributed by atoms with Crippen molar-refractivity contribution in [2.75, 3.05) is 13.3 Å². The largest absolute Gasteiger partial charge is 0.365 e. The zero-order chi connectivity index (χ0) is 18.9. The lowest BCUT2D eigenvalue weighted by Crippen LogP contribution is -2.15. The number of thioether (sulfide) groups is 1. The molecule has 0 N–H and O–H groups in total. The topological polar surface area (TPSA) is 50.8 Å². The summed E-state index contributed by atoms with van der Waals surface area (Å²) in [7, 11) is 2.01. The van der Waals surface area contributed by atoms with E-state index in [9.17, 15) is 10.5 Å². The van der Waals surface area contributed by atoms with Crippen molar-refractivity contribution in [3.05, 3.63) is 86.9 Å². The zero-order valence-corrected chi connectivity index (χ0v) is 17.0. The minimum absolute atomic E-state index is 0.0940. The van der Waals surface area contributed by atoms with Crippen molar-refractivity contribution >= 4 is 33.3 Å². The standard InChI is InChI=1S/C21H18BrN3S/c1-25(15-16-8-4-3-5-9-16)21(26-2)12-19(17(13-23)14-24)18-10-6-7-11-20(18)22/h3-12H,15H2,1-2H3/b21-12-. The number of allylic oxidation sites excluding steroid dienone is 3. The Morgan fingerprint density at radius 2 is 1.69 bits per heavy atom. The van der Waals surface area contributed by atoms with E-state index in [0.717, 1.165) is 21.6 Å². The SMILES string of the molecule is CS/C(=C\C(=C(C#N)C#N)c1ccccc1Br)N(C)Cc1ccccc1. The van der Waals surface area contributed by atoms with Gasteiger partial charge < -0.3 is 4.90 Å². The maximum atomic E-state index is 9.41. The molecule has 0 atom stereocenters. The first-order valence-electron chi connectivity index (χ1n) is 7.90. The van der Waals surface area contributed by atoms with Crippen LogP contribution in [-0.4, -0.2) is 18.2 Å². The molecular weight excluding hydrogens is 406 g/mol. The summed E-state index contributed by atoms with van der Waals surface area (Å²) < 4.78 is 0.848. The van der Waals surface area contributed by atoms with Gasteiger partial charge >= 0.3 is 0 Å². The smallest absolute Gasteiger partial charge is 0.137 e. The van der Waals surface area contributed by atoms with Gasteiger partial charge in [0, 0.05) is 23.6 Å². The third-order valence-electron chi connectivity index (χ3n) is 3.77. The van der Waals surface area contributed by atoms with Crippen LogP contribution in [0.4, 0.5) is 0 Å². The maximum absolute atomic E-state index is 9.41. The molecule has 0 aliphatic heterocycles. The second kappa shape index (κ2) is 9.87. The Bertz CT molecular complexity index is 889. The molecule has 2 aromatic carbocycles. The minimum Gasteiger partial charge on any atom is -0.365 e. The Balaban J connectivity index is 2.47. The van der Waals surface area contributed by atoms with Gasteiger partial charge in [-0.2, -0.15) is 10.5 Å². The Kier molecular flexibility index (Phi) is 7.53. The quantitative estimate of drug-likeness (QED) is 0.448. The number of nitrogens with zero attached hydrogens (tertiary/aromatic N) is 3. The van der Waals surface area contributed by atoms with Gasteiger partial charge in [-0.15, -0.1) is 11.8 Å². The van der Waals surface area contributed by atoms with E-state index in [1.54, 1.807) is 11.8 Å². The van der Waals surface area contributed by atoms with E-state index in [4.69, 9.17) is 0 Å². The Labute approximate surface area is 167 Å². The molecule has 0 amide bonds. The highest BCUT2D eigenvalue weighted by Crippen LogP contribution is 2.31. The van der Waals surface area contributed by atoms with Gasteiger partial charge in [0.15, 0.2) is 0 Å². The van der Waals surface area contributed by atoms with Gasteiger partial charge in [0.05, 0.1) is 5.03 Å². The normalized spacial score (nSPS) is 10.6. The van der Waals surface area contributed by atoms with Crippen molar-refractivity contribution in [2.24, 2.45) is 0 Å². The lowest BCUT2D eigenvalue weighted by molar-refractivity contribution is 0.440. The number of hydrogen-bond acceptors (Lipinski definition) is 4. The van der Waals surface area contributed by atoms with Crippen molar-refractivity contribution in [1.82, 2.24) is 4.90 Å². The second-order valence-corrected chi connectivity index (χ2v) is 7.20. The van der Waals surface area contributed by atoms with E-state index >= 15 is 0 Å². The molecule has 0 bridgehead atoms. The van der Waals surface area contributed by atoms with E-state index < -0.39 is 0 Å². The molecule has 0 heterocycles. The highest BCUT2D eigenvalue weighted by Gasteiger charge is 2.13. The first kappa shape index (κ1) is 19.8. The summed E-state index contributed by atoms with van der Waals surface area (Å²) in [6, 6.07) is 21.8. The fraction of sp³-hybridized carbons (Fsp3) is 0.143. The highest BCUT2D eigenvalue weighted by atomic mass is 79.9. The zero-order valence-electron chi connectivity index (χ0n) is 14.6. The first-order valence-corrected chi connectivity index (χ1v) is 9.92. The van der Waals surface area contributed by atoms with Gasteiger partial charge in [0.1, 0.15) is 17.7 Å². The molecule has 2 rings (SSSR count). The molecule has 26 heavy (non-hydrogen) atoms. The lowest BCUT2D eigenvalue weighted by Gasteiger charge is -2.22. The molecule has 130 valence electrons. The molecule has 5 heteroatoms. The van der Waals surface area contributed by atoms with E-state index in [1.165, 1.54) is 5.56 Å². The summed E-state index contributed by atoms with van der Waals surface area (Å²) in [5.41, 5.74) is 2.73. The fourth-order valence-electron chi connectivity index (χ4n) is 2.49. The van der Waals surface area contributed by atoms with Gasteiger partial charge in [-0.1, -0.05) is 64.5 Å². The second-order valence-electron chi connectivity index (χ2n) is 5.52. The molecule has 0 saturated heterocycles. The van der Waals surface area contributed by atoms with Crippen LogP contribution in [0.25, 0.3) is 5.57 Å². The van der Waals surface area contributed by atoms with Crippen molar-refractivity contribution in [1.29, 1.82) is 10.5 Å². The Morgan fingerprint density at radius 3 is 2.27 bits per heavy atom. The molecule has 0 aromatic heterocycles. The van der Waals surface area contributed by atoms with Crippen LogP contribution in [0.15, 0.2) is 75.7 Å². The molecular formula is C21H18BrN3S. The van der Waals surface area contributed by atoms with Crippen LogP contribution >= 0.6 is 27.7 Å². The van der Waals surface area contributed by atoms with Crippen molar-refractivity contribution in [3.8, 4) is 12.1 Å². The third kappa shape index (κ3) is 5.02. The fourth-order valence-corrected chi connectivity index (χ4v) is 3.60. The molecule has 3 nitrogen and oxygen atoms in total. The number of rotatable bonds is 6. The van der Waals surface area contributed by atoms with Crippen LogP contribution in [0.1, 0.15) is 11.1 Å². The van der Waals surface area contributed by atoms with Crippen LogP contribution in [0.3, 0.4) is 0 Å². The van der Waals surface area contributed by atoms with E-state index in [1.807, 2.05) is 74.0 Å². The average Bonchev–Trinajstić information content (AvgIpc) is 2.66. The summed E-state index contributed by atoms with van der Waals surface area (Å²) in [5, 5.41) is 19.8. The lowest BCUT2D eigenvalue weighted by atomic mass is 10.0. The van der Waals surface area contributed by atoms with Crippen LogP contribution in [0.5, 0.6) is 0 Å². The van der Waals surface area contributed by atoms with Crippen LogP contribution in [0.2, 0.25) is 0 Å². The molecule has 0 radical (unpaired) electrons. The maximum Gasteiger partial charge on any atom is 0.137 e. The molecule has 0 fully saturated rings. The number of benzene rings is 2. The van der Waals surface area contributed by atoms with Gasteiger partial charge in [0.25, 0.3) is 0 Å². The molecule has 2 aromatic rings. The Morgan fingerprint density at radius 1 is 1.08 bits per heavy atom. The molecule has 0 saturated carbocycles. The molecule has 0 unspecified atom stereocenters. The first-order chi connectivity index (χ1) is 12.6. The van der Waals surface area contributed by atoms with Crippen molar-refractivity contribution < 1.29 is 0 Å². The number of hydrogen-bond donors (Lipinski definition) is 0. The number of halogens is 1. The molecule has 0 aliphatic carbocycles. The van der Waals surface area contributed by atoms with E-state index in [2.05, 4.69) is 33.0 Å². The Hall–Kier alpha value is -2.47. The average molecular weight is 424 g/mol. The van der Waals surface area contributed by atoms with Gasteiger partial charge in [-0.3, -0.25) is 0 Å². The summed E-state index contributed by atoms with van der Waals surface area (Å²) in [6.45, 7) is 0.741. The molecule has 0 spiro atoms. The molecule has 0 aliphatic rings. The van der Waals surface area contributed by atoms with Crippen LogP contribution in [0, 0.1) is 22.7 Å². The van der Waals surface area contributed by atoms with Gasteiger partial charge in [-0.25, -0.2) is 0 Å². The third-order valence-corrected chi connectivity index (χ3v) is 5.31. The highest BCUT2D eigenvalue weighted by molar-refractivity contribution is 9.10. The number of nitriles is 2. The van der Waals surface area contributed by atoms with Gasteiger partial charge in [-0.05, 0) is 29.5 Å². The van der Waals surface area contributed by atoms with Crippen molar-refractivity contribution in [2.45, 2.75) is 6.54 Å². The summed E-state index contributed by atoms with van der Waals surface area (Å²) in [4.78, 5) is 2.11. The summed E-state index contributed by atoms with van der Waals surface area (Å²) >= 11 is 5.11. The summed E-state index contributed by atoms with van der Waals surface area (Å²) in [6.07, 6.45) is 3.90. The van der Waals surface area contributed by atoms with E-state index in [0.29, 0.717) is 5.57 Å².